The summed E-state index contributed by atoms with van der Waals surface area (Å²) in [5.41, 5.74) is 1.02. The molecule has 0 unspecified atom stereocenters. The molecule has 1 aromatic heterocycles. The molecule has 2 aromatic rings. The SMILES string of the molecule is Cc1c(Cl)cccc1NC(=O)C(=O)NCC1CCN(C(=O)c2cccn(C)c2=O)CC1. The maximum Gasteiger partial charge on any atom is 0.313 e. The van der Waals surface area contributed by atoms with E-state index < -0.39 is 11.8 Å². The second-order valence-corrected chi connectivity index (χ2v) is 8.06. The number of hydrogen-bond acceptors (Lipinski definition) is 4. The summed E-state index contributed by atoms with van der Waals surface area (Å²) in [6, 6.07) is 8.30. The van der Waals surface area contributed by atoms with Gasteiger partial charge >= 0.3 is 11.8 Å². The molecule has 1 aliphatic rings. The normalized spacial score (nSPS) is 14.2. The number of carbonyl (C=O) groups excluding carboxylic acids is 3. The maximum absolute atomic E-state index is 12.6. The highest BCUT2D eigenvalue weighted by Crippen LogP contribution is 2.23. The predicted octanol–water partition coefficient (Wildman–Crippen LogP) is 1.95. The van der Waals surface area contributed by atoms with E-state index >= 15 is 0 Å². The van der Waals surface area contributed by atoms with E-state index in [0.29, 0.717) is 48.7 Å². The Balaban J connectivity index is 1.47. The van der Waals surface area contributed by atoms with Crippen LogP contribution in [0.5, 0.6) is 0 Å². The van der Waals surface area contributed by atoms with Gasteiger partial charge in [0.15, 0.2) is 0 Å². The average Bonchev–Trinajstić information content (AvgIpc) is 2.77. The van der Waals surface area contributed by atoms with Crippen LogP contribution in [0.15, 0.2) is 41.3 Å². The van der Waals surface area contributed by atoms with Gasteiger partial charge in [-0.3, -0.25) is 19.2 Å². The summed E-state index contributed by atoms with van der Waals surface area (Å²) in [6.07, 6.45) is 2.96. The number of pyridine rings is 1. The number of piperidine rings is 1. The van der Waals surface area contributed by atoms with Crippen molar-refractivity contribution in [3.63, 3.8) is 0 Å². The van der Waals surface area contributed by atoms with Crippen LogP contribution in [-0.4, -0.2) is 46.8 Å². The van der Waals surface area contributed by atoms with Gasteiger partial charge in [-0.25, -0.2) is 0 Å². The quantitative estimate of drug-likeness (QED) is 0.704. The number of halogens is 1. The largest absolute Gasteiger partial charge is 0.348 e. The Morgan fingerprint density at radius 3 is 2.52 bits per heavy atom. The monoisotopic (exact) mass is 444 g/mol. The van der Waals surface area contributed by atoms with E-state index in [1.165, 1.54) is 10.6 Å². The van der Waals surface area contributed by atoms with Crippen molar-refractivity contribution in [3.8, 4) is 0 Å². The van der Waals surface area contributed by atoms with Crippen molar-refractivity contribution < 1.29 is 14.4 Å². The zero-order valence-corrected chi connectivity index (χ0v) is 18.2. The molecule has 0 saturated carbocycles. The molecule has 164 valence electrons. The molecule has 1 aliphatic heterocycles. The second-order valence-electron chi connectivity index (χ2n) is 7.65. The Labute approximate surface area is 185 Å². The molecule has 3 amide bonds. The summed E-state index contributed by atoms with van der Waals surface area (Å²) < 4.78 is 1.38. The van der Waals surface area contributed by atoms with E-state index in [-0.39, 0.29) is 22.9 Å². The molecule has 1 fully saturated rings. The van der Waals surface area contributed by atoms with Crippen LogP contribution >= 0.6 is 11.6 Å². The van der Waals surface area contributed by atoms with E-state index in [9.17, 15) is 19.2 Å². The van der Waals surface area contributed by atoms with E-state index in [0.717, 1.165) is 0 Å². The summed E-state index contributed by atoms with van der Waals surface area (Å²) in [5, 5.41) is 5.73. The molecule has 9 heteroatoms. The summed E-state index contributed by atoms with van der Waals surface area (Å²) in [7, 11) is 1.61. The first-order chi connectivity index (χ1) is 14.8. The number of amides is 3. The minimum atomic E-state index is -0.752. The van der Waals surface area contributed by atoms with Gasteiger partial charge in [0.1, 0.15) is 5.56 Å². The molecule has 1 saturated heterocycles. The fraction of sp³-hybridized carbons (Fsp3) is 0.364. The molecular formula is C22H25ClN4O4. The average molecular weight is 445 g/mol. The third-order valence-electron chi connectivity index (χ3n) is 5.53. The Bertz CT molecular complexity index is 1060. The number of carbonyl (C=O) groups is 3. The van der Waals surface area contributed by atoms with Crippen molar-refractivity contribution in [3.05, 3.63) is 63.0 Å². The number of likely N-dealkylation sites (tertiary alicyclic amines) is 1. The summed E-state index contributed by atoms with van der Waals surface area (Å²) >= 11 is 6.03. The van der Waals surface area contributed by atoms with Crippen LogP contribution in [0, 0.1) is 12.8 Å². The number of anilines is 1. The molecule has 2 heterocycles. The minimum absolute atomic E-state index is 0.146. The van der Waals surface area contributed by atoms with Crippen LogP contribution in [0.4, 0.5) is 5.69 Å². The van der Waals surface area contributed by atoms with Crippen LogP contribution in [0.1, 0.15) is 28.8 Å². The lowest BCUT2D eigenvalue weighted by atomic mass is 9.96. The van der Waals surface area contributed by atoms with Crippen molar-refractivity contribution in [1.29, 1.82) is 0 Å². The summed E-state index contributed by atoms with van der Waals surface area (Å²) in [6.45, 7) is 3.09. The minimum Gasteiger partial charge on any atom is -0.348 e. The Hall–Kier alpha value is -3.13. The lowest BCUT2D eigenvalue weighted by molar-refractivity contribution is -0.136. The first kappa shape index (κ1) is 22.6. The van der Waals surface area contributed by atoms with Crippen molar-refractivity contribution in [1.82, 2.24) is 14.8 Å². The van der Waals surface area contributed by atoms with E-state index in [4.69, 9.17) is 11.6 Å². The highest BCUT2D eigenvalue weighted by molar-refractivity contribution is 6.40. The van der Waals surface area contributed by atoms with Crippen LogP contribution in [0.3, 0.4) is 0 Å². The number of aryl methyl sites for hydroxylation is 1. The van der Waals surface area contributed by atoms with E-state index in [1.54, 1.807) is 49.3 Å². The molecule has 0 aliphatic carbocycles. The topological polar surface area (TPSA) is 101 Å². The molecule has 0 spiro atoms. The van der Waals surface area contributed by atoms with Crippen LogP contribution in [0.2, 0.25) is 5.02 Å². The number of aromatic nitrogens is 1. The van der Waals surface area contributed by atoms with E-state index in [2.05, 4.69) is 10.6 Å². The third-order valence-corrected chi connectivity index (χ3v) is 5.94. The van der Waals surface area contributed by atoms with Crippen molar-refractivity contribution in [2.75, 3.05) is 25.0 Å². The van der Waals surface area contributed by atoms with Gasteiger partial charge in [0.2, 0.25) is 0 Å². The fourth-order valence-electron chi connectivity index (χ4n) is 3.51. The Kier molecular flexibility index (Phi) is 7.12. The smallest absolute Gasteiger partial charge is 0.313 e. The number of benzene rings is 1. The molecule has 31 heavy (non-hydrogen) atoms. The molecular weight excluding hydrogens is 420 g/mol. The Morgan fingerprint density at radius 2 is 1.81 bits per heavy atom. The number of nitrogens with one attached hydrogen (secondary N) is 2. The van der Waals surface area contributed by atoms with Crippen molar-refractivity contribution in [2.45, 2.75) is 19.8 Å². The molecule has 0 radical (unpaired) electrons. The zero-order chi connectivity index (χ0) is 22.5. The van der Waals surface area contributed by atoms with Crippen LogP contribution in [0.25, 0.3) is 0 Å². The van der Waals surface area contributed by atoms with Crippen molar-refractivity contribution >= 4 is 35.0 Å². The zero-order valence-electron chi connectivity index (χ0n) is 17.5. The third kappa shape index (κ3) is 5.32. The summed E-state index contributed by atoms with van der Waals surface area (Å²) in [5.74, 6) is -1.60. The highest BCUT2D eigenvalue weighted by atomic mass is 35.5. The fourth-order valence-corrected chi connectivity index (χ4v) is 3.68. The highest BCUT2D eigenvalue weighted by Gasteiger charge is 2.26. The maximum atomic E-state index is 12.6. The number of nitrogens with zero attached hydrogens (tertiary/aromatic N) is 2. The van der Waals surface area contributed by atoms with Gasteiger partial charge < -0.3 is 20.1 Å². The molecule has 1 aromatic carbocycles. The number of hydrogen-bond donors (Lipinski definition) is 2. The lowest BCUT2D eigenvalue weighted by Crippen LogP contribution is -2.44. The molecule has 0 bridgehead atoms. The van der Waals surface area contributed by atoms with Gasteiger partial charge in [-0.2, -0.15) is 0 Å². The van der Waals surface area contributed by atoms with Gasteiger partial charge in [-0.05, 0) is 55.5 Å². The van der Waals surface area contributed by atoms with Gasteiger partial charge in [0, 0.05) is 43.6 Å². The standard InChI is InChI=1S/C22H25ClN4O4/c1-14-17(23)6-3-7-18(14)25-20(29)19(28)24-13-15-8-11-27(12-9-15)22(31)16-5-4-10-26(2)21(16)30/h3-7,10,15H,8-9,11-13H2,1-2H3,(H,24,28)(H,25,29). The number of rotatable bonds is 4. The lowest BCUT2D eigenvalue weighted by Gasteiger charge is -2.32. The van der Waals surface area contributed by atoms with Gasteiger partial charge in [-0.1, -0.05) is 17.7 Å². The van der Waals surface area contributed by atoms with Crippen molar-refractivity contribution in [2.24, 2.45) is 13.0 Å². The first-order valence-corrected chi connectivity index (χ1v) is 10.4. The Morgan fingerprint density at radius 1 is 1.10 bits per heavy atom. The molecule has 0 atom stereocenters. The second kappa shape index (κ2) is 9.78. The van der Waals surface area contributed by atoms with Crippen LogP contribution < -0.4 is 16.2 Å². The molecule has 2 N–H and O–H groups in total. The summed E-state index contributed by atoms with van der Waals surface area (Å²) in [4.78, 5) is 50.8. The predicted molar refractivity (Wildman–Crippen MR) is 118 cm³/mol. The first-order valence-electron chi connectivity index (χ1n) is 10.1. The van der Waals surface area contributed by atoms with Gasteiger partial charge in [-0.15, -0.1) is 0 Å². The van der Waals surface area contributed by atoms with Gasteiger partial charge in [0.05, 0.1) is 0 Å². The van der Waals surface area contributed by atoms with Gasteiger partial charge in [0.25, 0.3) is 11.5 Å². The molecule has 3 rings (SSSR count). The molecule has 8 nitrogen and oxygen atoms in total. The van der Waals surface area contributed by atoms with Crippen LogP contribution in [-0.2, 0) is 16.6 Å². The van der Waals surface area contributed by atoms with E-state index in [1.807, 2.05) is 0 Å².